The fourth-order valence-electron chi connectivity index (χ4n) is 0.422. The van der Waals surface area contributed by atoms with Gasteiger partial charge in [-0.2, -0.15) is 8.42 Å². The molecule has 0 bridgehead atoms. The third-order valence-electron chi connectivity index (χ3n) is 0.837. The first-order valence-corrected chi connectivity index (χ1v) is 4.59. The highest BCUT2D eigenvalue weighted by molar-refractivity contribution is 7.86. The van der Waals surface area contributed by atoms with Gasteiger partial charge in [0, 0.05) is 13.1 Å². The van der Waals surface area contributed by atoms with E-state index >= 15 is 0 Å². The van der Waals surface area contributed by atoms with Crippen LogP contribution in [0.1, 0.15) is 0 Å². The Morgan fingerprint density at radius 3 is 1.90 bits per heavy atom. The average Bonchev–Trinajstić information content (AvgIpc) is 1.81. The van der Waals surface area contributed by atoms with E-state index in [1.54, 1.807) is 0 Å². The second kappa shape index (κ2) is 3.87. The van der Waals surface area contributed by atoms with Crippen LogP contribution in [0.4, 0.5) is 0 Å². The normalized spacial score (nSPS) is 12.4. The Balaban J connectivity index is 3.87. The van der Waals surface area contributed by atoms with Crippen LogP contribution in [0.15, 0.2) is 0 Å². The molecule has 0 aromatic carbocycles. The molecule has 0 amide bonds. The zero-order valence-corrected chi connectivity index (χ0v) is 6.60. The van der Waals surface area contributed by atoms with Gasteiger partial charge in [0.05, 0.1) is 6.26 Å². The lowest BCUT2D eigenvalue weighted by Crippen LogP contribution is -2.33. The SMILES string of the molecule is CS(=O)(=O)OC(CN)CN. The van der Waals surface area contributed by atoms with Crippen LogP contribution in [-0.2, 0) is 14.3 Å². The maximum atomic E-state index is 10.4. The minimum absolute atomic E-state index is 0.115. The molecule has 0 radical (unpaired) electrons. The molecular formula is C4H12N2O3S. The molecule has 0 saturated carbocycles. The smallest absolute Gasteiger partial charge is 0.264 e. The van der Waals surface area contributed by atoms with E-state index in [1.807, 2.05) is 0 Å². The van der Waals surface area contributed by atoms with Gasteiger partial charge in [-0.3, -0.25) is 4.18 Å². The number of hydrogen-bond donors (Lipinski definition) is 2. The number of nitrogens with two attached hydrogens (primary N) is 2. The second-order valence-electron chi connectivity index (χ2n) is 1.89. The van der Waals surface area contributed by atoms with Crippen molar-refractivity contribution < 1.29 is 12.6 Å². The molecule has 0 aliphatic heterocycles. The van der Waals surface area contributed by atoms with Crippen molar-refractivity contribution in [3.05, 3.63) is 0 Å². The van der Waals surface area contributed by atoms with Crippen molar-refractivity contribution in [2.24, 2.45) is 11.5 Å². The van der Waals surface area contributed by atoms with Crippen molar-refractivity contribution in [1.82, 2.24) is 0 Å². The molecule has 0 aliphatic carbocycles. The summed E-state index contributed by atoms with van der Waals surface area (Å²) >= 11 is 0. The lowest BCUT2D eigenvalue weighted by molar-refractivity contribution is 0.227. The molecule has 0 atom stereocenters. The highest BCUT2D eigenvalue weighted by atomic mass is 32.2. The quantitative estimate of drug-likeness (QED) is 0.485. The summed E-state index contributed by atoms with van der Waals surface area (Å²) in [6, 6.07) is 0. The summed E-state index contributed by atoms with van der Waals surface area (Å²) in [5.41, 5.74) is 10.2. The number of rotatable bonds is 4. The Labute approximate surface area is 60.5 Å². The van der Waals surface area contributed by atoms with Gasteiger partial charge in [0.1, 0.15) is 6.10 Å². The lowest BCUT2D eigenvalue weighted by Gasteiger charge is -2.09. The molecule has 0 heterocycles. The van der Waals surface area contributed by atoms with Crippen LogP contribution in [0.2, 0.25) is 0 Å². The maximum absolute atomic E-state index is 10.4. The van der Waals surface area contributed by atoms with Crippen LogP contribution in [0.3, 0.4) is 0 Å². The predicted molar refractivity (Wildman–Crippen MR) is 37.8 cm³/mol. The molecule has 0 aliphatic rings. The first-order chi connectivity index (χ1) is 4.49. The molecule has 0 aromatic heterocycles. The van der Waals surface area contributed by atoms with E-state index < -0.39 is 16.2 Å². The Hall–Kier alpha value is -0.170. The maximum Gasteiger partial charge on any atom is 0.264 e. The Morgan fingerprint density at radius 2 is 1.80 bits per heavy atom. The van der Waals surface area contributed by atoms with Gasteiger partial charge in [0.2, 0.25) is 0 Å². The molecule has 62 valence electrons. The monoisotopic (exact) mass is 168 g/mol. The van der Waals surface area contributed by atoms with Gasteiger partial charge < -0.3 is 11.5 Å². The van der Waals surface area contributed by atoms with Gasteiger partial charge in [0.15, 0.2) is 0 Å². The van der Waals surface area contributed by atoms with Crippen LogP contribution >= 0.6 is 0 Å². The standard InChI is InChI=1S/C4H12N2O3S/c1-10(7,8)9-4(2-5)3-6/h4H,2-3,5-6H2,1H3. The number of hydrogen-bond acceptors (Lipinski definition) is 5. The summed E-state index contributed by atoms with van der Waals surface area (Å²) in [4.78, 5) is 0. The Morgan fingerprint density at radius 1 is 1.40 bits per heavy atom. The van der Waals surface area contributed by atoms with E-state index in [9.17, 15) is 8.42 Å². The van der Waals surface area contributed by atoms with E-state index in [0.717, 1.165) is 6.26 Å². The van der Waals surface area contributed by atoms with Crippen molar-refractivity contribution >= 4 is 10.1 Å². The highest BCUT2D eigenvalue weighted by Gasteiger charge is 2.10. The zero-order chi connectivity index (χ0) is 8.20. The molecule has 4 N–H and O–H groups in total. The second-order valence-corrected chi connectivity index (χ2v) is 3.49. The van der Waals surface area contributed by atoms with Gasteiger partial charge in [-0.15, -0.1) is 0 Å². The van der Waals surface area contributed by atoms with Crippen molar-refractivity contribution in [3.8, 4) is 0 Å². The first-order valence-electron chi connectivity index (χ1n) is 2.78. The Bertz CT molecular complexity index is 173. The zero-order valence-electron chi connectivity index (χ0n) is 5.78. The topological polar surface area (TPSA) is 95.4 Å². The summed E-state index contributed by atoms with van der Waals surface area (Å²) in [7, 11) is -3.41. The van der Waals surface area contributed by atoms with Crippen LogP contribution < -0.4 is 11.5 Å². The fourth-order valence-corrected chi connectivity index (χ4v) is 1.07. The third kappa shape index (κ3) is 4.68. The van der Waals surface area contributed by atoms with Crippen molar-refractivity contribution in [3.63, 3.8) is 0 Å². The van der Waals surface area contributed by atoms with Gasteiger partial charge in [-0.25, -0.2) is 0 Å². The first kappa shape index (κ1) is 9.83. The third-order valence-corrected chi connectivity index (χ3v) is 1.46. The summed E-state index contributed by atoms with van der Waals surface area (Å²) in [6.45, 7) is 0.229. The molecule has 0 aromatic rings. The minimum Gasteiger partial charge on any atom is -0.328 e. The largest absolute Gasteiger partial charge is 0.328 e. The predicted octanol–water partition coefficient (Wildman–Crippen LogP) is -1.75. The van der Waals surface area contributed by atoms with E-state index in [0.29, 0.717) is 0 Å². The van der Waals surface area contributed by atoms with E-state index in [-0.39, 0.29) is 13.1 Å². The molecule has 0 saturated heterocycles. The van der Waals surface area contributed by atoms with Gasteiger partial charge in [-0.05, 0) is 0 Å². The van der Waals surface area contributed by atoms with Gasteiger partial charge in [0.25, 0.3) is 10.1 Å². The van der Waals surface area contributed by atoms with Crippen LogP contribution in [-0.4, -0.2) is 33.9 Å². The molecule has 0 rings (SSSR count). The molecule has 10 heavy (non-hydrogen) atoms. The van der Waals surface area contributed by atoms with Crippen molar-refractivity contribution in [2.75, 3.05) is 19.3 Å². The summed E-state index contributed by atoms with van der Waals surface area (Å²) in [5, 5.41) is 0. The molecule has 0 fully saturated rings. The highest BCUT2D eigenvalue weighted by Crippen LogP contribution is 1.92. The summed E-state index contributed by atoms with van der Waals surface area (Å²) in [6.07, 6.45) is 0.376. The van der Waals surface area contributed by atoms with E-state index in [1.165, 1.54) is 0 Å². The minimum atomic E-state index is -3.41. The van der Waals surface area contributed by atoms with Gasteiger partial charge >= 0.3 is 0 Å². The average molecular weight is 168 g/mol. The van der Waals surface area contributed by atoms with Gasteiger partial charge in [-0.1, -0.05) is 0 Å². The van der Waals surface area contributed by atoms with Crippen molar-refractivity contribution in [1.29, 1.82) is 0 Å². The Kier molecular flexibility index (Phi) is 3.80. The van der Waals surface area contributed by atoms with Crippen LogP contribution in [0.5, 0.6) is 0 Å². The summed E-state index contributed by atoms with van der Waals surface area (Å²) in [5.74, 6) is 0. The van der Waals surface area contributed by atoms with E-state index in [4.69, 9.17) is 11.5 Å². The van der Waals surface area contributed by atoms with E-state index in [2.05, 4.69) is 4.18 Å². The lowest BCUT2D eigenvalue weighted by atomic mass is 10.4. The molecule has 5 nitrogen and oxygen atoms in total. The molecule has 6 heteroatoms. The van der Waals surface area contributed by atoms with Crippen LogP contribution in [0.25, 0.3) is 0 Å². The molecule has 0 spiro atoms. The summed E-state index contributed by atoms with van der Waals surface area (Å²) < 4.78 is 25.3. The van der Waals surface area contributed by atoms with Crippen molar-refractivity contribution in [2.45, 2.75) is 6.10 Å². The molecule has 0 unspecified atom stereocenters. The molecular weight excluding hydrogens is 156 g/mol. The van der Waals surface area contributed by atoms with Crippen LogP contribution in [0, 0.1) is 0 Å². The fraction of sp³-hybridized carbons (Fsp3) is 1.00.